The fourth-order valence-corrected chi connectivity index (χ4v) is 7.72. The lowest BCUT2D eigenvalue weighted by Gasteiger charge is -2.42. The van der Waals surface area contributed by atoms with Gasteiger partial charge in [0.2, 0.25) is 0 Å². The fourth-order valence-electron chi connectivity index (χ4n) is 5.31. The molecule has 33 heavy (non-hydrogen) atoms. The van der Waals surface area contributed by atoms with Crippen LogP contribution < -0.4 is 5.32 Å². The number of hydrogen-bond donors (Lipinski definition) is 2. The number of amides is 1. The minimum absolute atomic E-state index is 0.0471. The van der Waals surface area contributed by atoms with Crippen LogP contribution in [0.1, 0.15) is 49.4 Å². The highest BCUT2D eigenvalue weighted by Crippen LogP contribution is 2.53. The number of carbonyl (C=O) groups is 1. The Hall–Kier alpha value is -2.10. The number of nitrogens with one attached hydrogen (secondary N) is 1. The average Bonchev–Trinajstić information content (AvgIpc) is 2.93. The van der Waals surface area contributed by atoms with E-state index in [4.69, 9.17) is 11.6 Å². The summed E-state index contributed by atoms with van der Waals surface area (Å²) in [6, 6.07) is 4.93. The molecule has 1 amide bonds. The summed E-state index contributed by atoms with van der Waals surface area (Å²) in [5.41, 5.74) is -1.26. The van der Waals surface area contributed by atoms with E-state index in [2.05, 4.69) is 5.32 Å². The van der Waals surface area contributed by atoms with Crippen molar-refractivity contribution in [3.05, 3.63) is 58.4 Å². The van der Waals surface area contributed by atoms with E-state index in [9.17, 15) is 31.5 Å². The normalized spacial score (nSPS) is 26.9. The van der Waals surface area contributed by atoms with Crippen LogP contribution in [0.2, 0.25) is 5.02 Å². The Morgan fingerprint density at radius 1 is 1.12 bits per heavy atom. The Morgan fingerprint density at radius 2 is 1.70 bits per heavy atom. The first kappa shape index (κ1) is 24.0. The quantitative estimate of drug-likeness (QED) is 0.557. The van der Waals surface area contributed by atoms with Gasteiger partial charge in [-0.15, -0.1) is 0 Å². The Labute approximate surface area is 194 Å². The predicted molar refractivity (Wildman–Crippen MR) is 117 cm³/mol. The second kappa shape index (κ2) is 8.60. The number of benzene rings is 2. The summed E-state index contributed by atoms with van der Waals surface area (Å²) in [4.78, 5) is 12.4. The third-order valence-electron chi connectivity index (χ3n) is 7.12. The topological polar surface area (TPSA) is 83.5 Å². The van der Waals surface area contributed by atoms with Gasteiger partial charge in [-0.25, -0.2) is 21.6 Å². The van der Waals surface area contributed by atoms with E-state index in [0.717, 1.165) is 18.9 Å². The first-order valence-electron chi connectivity index (χ1n) is 10.7. The van der Waals surface area contributed by atoms with Crippen molar-refractivity contribution in [3.63, 3.8) is 0 Å². The number of halogens is 4. The van der Waals surface area contributed by atoms with Gasteiger partial charge in [-0.1, -0.05) is 18.5 Å². The number of anilines is 1. The SMILES string of the molecule is CCC1(O)C2CC[C@H]1CC(S(=O)(=O)c1cc(C(=O)Nc3cc(F)c(F)c(F)c3)ccc1Cl)C2. The monoisotopic (exact) mass is 501 g/mol. The maximum Gasteiger partial charge on any atom is 0.255 e. The highest BCUT2D eigenvalue weighted by Gasteiger charge is 2.54. The summed E-state index contributed by atoms with van der Waals surface area (Å²) in [6.07, 6.45) is 2.72. The zero-order valence-corrected chi connectivity index (χ0v) is 19.3. The summed E-state index contributed by atoms with van der Waals surface area (Å²) in [5.74, 6) is -5.67. The molecule has 3 unspecified atom stereocenters. The molecule has 2 bridgehead atoms. The van der Waals surface area contributed by atoms with Crippen molar-refractivity contribution >= 4 is 33.0 Å². The molecule has 178 valence electrons. The van der Waals surface area contributed by atoms with E-state index < -0.39 is 44.0 Å². The van der Waals surface area contributed by atoms with E-state index in [1.54, 1.807) is 0 Å². The highest BCUT2D eigenvalue weighted by molar-refractivity contribution is 7.92. The summed E-state index contributed by atoms with van der Waals surface area (Å²) >= 11 is 6.19. The molecule has 2 aliphatic rings. The number of aliphatic hydroxyl groups is 1. The number of sulfone groups is 1. The van der Waals surface area contributed by atoms with Gasteiger partial charge < -0.3 is 10.4 Å². The van der Waals surface area contributed by atoms with Crippen LogP contribution in [0.3, 0.4) is 0 Å². The van der Waals surface area contributed by atoms with Gasteiger partial charge in [-0.05, 0) is 62.1 Å². The third-order valence-corrected chi connectivity index (χ3v) is 9.77. The van der Waals surface area contributed by atoms with Gasteiger partial charge in [0.25, 0.3) is 5.91 Å². The molecule has 0 spiro atoms. The molecule has 2 fully saturated rings. The summed E-state index contributed by atoms with van der Waals surface area (Å²) < 4.78 is 66.9. The van der Waals surface area contributed by atoms with Crippen molar-refractivity contribution in [2.75, 3.05) is 5.32 Å². The molecule has 2 aromatic carbocycles. The van der Waals surface area contributed by atoms with E-state index >= 15 is 0 Å². The van der Waals surface area contributed by atoms with Gasteiger partial charge in [-0.3, -0.25) is 4.79 Å². The first-order valence-corrected chi connectivity index (χ1v) is 12.6. The van der Waals surface area contributed by atoms with E-state index in [1.807, 2.05) is 6.92 Å². The molecule has 2 aromatic rings. The van der Waals surface area contributed by atoms with Gasteiger partial charge in [0, 0.05) is 23.4 Å². The molecule has 0 radical (unpaired) electrons. The number of hydrogen-bond acceptors (Lipinski definition) is 4. The molecule has 2 N–H and O–H groups in total. The van der Waals surface area contributed by atoms with Crippen molar-refractivity contribution in [1.82, 2.24) is 0 Å². The number of fused-ring (bicyclic) bond motifs is 2. The molecule has 2 aliphatic carbocycles. The van der Waals surface area contributed by atoms with E-state index in [1.165, 1.54) is 12.1 Å². The summed E-state index contributed by atoms with van der Waals surface area (Å²) in [5, 5.41) is 12.4. The molecule has 4 atom stereocenters. The fraction of sp³-hybridized carbons (Fsp3) is 0.435. The molecular formula is C23H23ClF3NO4S. The molecule has 0 aliphatic heterocycles. The molecule has 10 heteroatoms. The molecule has 0 heterocycles. The van der Waals surface area contributed by atoms with Crippen LogP contribution in [-0.4, -0.2) is 30.3 Å². The average molecular weight is 502 g/mol. The van der Waals surface area contributed by atoms with Crippen LogP contribution >= 0.6 is 11.6 Å². The largest absolute Gasteiger partial charge is 0.389 e. The maximum absolute atomic E-state index is 13.4. The molecule has 4 rings (SSSR count). The lowest BCUT2D eigenvalue weighted by molar-refractivity contribution is -0.0610. The second-order valence-electron chi connectivity index (χ2n) is 8.81. The van der Waals surface area contributed by atoms with Crippen LogP contribution in [0.4, 0.5) is 18.9 Å². The minimum atomic E-state index is -3.92. The highest BCUT2D eigenvalue weighted by atomic mass is 35.5. The van der Waals surface area contributed by atoms with Gasteiger partial charge in [0.15, 0.2) is 27.3 Å². The Bertz CT molecular complexity index is 1180. The lowest BCUT2D eigenvalue weighted by Crippen LogP contribution is -2.47. The van der Waals surface area contributed by atoms with Crippen LogP contribution in [0, 0.1) is 29.3 Å². The van der Waals surface area contributed by atoms with Crippen LogP contribution in [0.15, 0.2) is 35.2 Å². The Morgan fingerprint density at radius 3 is 2.24 bits per heavy atom. The molecule has 0 saturated heterocycles. The van der Waals surface area contributed by atoms with Crippen LogP contribution in [0.25, 0.3) is 0 Å². The van der Waals surface area contributed by atoms with Gasteiger partial charge in [0.1, 0.15) is 0 Å². The van der Waals surface area contributed by atoms with Gasteiger partial charge in [-0.2, -0.15) is 0 Å². The van der Waals surface area contributed by atoms with Crippen molar-refractivity contribution < 1.29 is 31.5 Å². The standard InChI is InChI=1S/C23H23ClF3NO4S/c1-2-23(30)13-4-5-14(23)9-16(8-13)33(31,32)20-7-12(3-6-17(20)24)22(29)28-15-10-18(25)21(27)19(26)11-15/h3,6-7,10-11,13-14,16,30H,2,4-5,8-9H2,1H3,(H,28,29)/t13-,14?,16?,23?/m0/s1. The maximum atomic E-state index is 13.4. The third kappa shape index (κ3) is 4.15. The molecule has 2 saturated carbocycles. The summed E-state index contributed by atoms with van der Waals surface area (Å²) in [7, 11) is -3.92. The van der Waals surface area contributed by atoms with Gasteiger partial charge in [0.05, 0.1) is 20.8 Å². The Kier molecular flexibility index (Phi) is 6.26. The zero-order chi connectivity index (χ0) is 24.1. The molecule has 0 aromatic heterocycles. The number of rotatable bonds is 5. The van der Waals surface area contributed by atoms with Crippen LogP contribution in [-0.2, 0) is 9.84 Å². The molecular weight excluding hydrogens is 479 g/mol. The van der Waals surface area contributed by atoms with Crippen molar-refractivity contribution in [3.8, 4) is 0 Å². The van der Waals surface area contributed by atoms with E-state index in [0.29, 0.717) is 31.4 Å². The van der Waals surface area contributed by atoms with Crippen molar-refractivity contribution in [1.29, 1.82) is 0 Å². The van der Waals surface area contributed by atoms with Gasteiger partial charge >= 0.3 is 0 Å². The Balaban J connectivity index is 1.60. The molecule has 5 nitrogen and oxygen atoms in total. The number of carbonyl (C=O) groups excluding carboxylic acids is 1. The zero-order valence-electron chi connectivity index (χ0n) is 17.7. The van der Waals surface area contributed by atoms with E-state index in [-0.39, 0.29) is 33.0 Å². The lowest BCUT2D eigenvalue weighted by atomic mass is 9.73. The minimum Gasteiger partial charge on any atom is -0.389 e. The van der Waals surface area contributed by atoms with Crippen molar-refractivity contribution in [2.45, 2.75) is 54.8 Å². The first-order chi connectivity index (χ1) is 15.5. The predicted octanol–water partition coefficient (Wildman–Crippen LogP) is 5.11. The van der Waals surface area contributed by atoms with Crippen molar-refractivity contribution in [2.24, 2.45) is 11.8 Å². The smallest absolute Gasteiger partial charge is 0.255 e. The second-order valence-corrected chi connectivity index (χ2v) is 11.4. The summed E-state index contributed by atoms with van der Waals surface area (Å²) in [6.45, 7) is 1.90. The van der Waals surface area contributed by atoms with Crippen LogP contribution in [0.5, 0.6) is 0 Å².